The van der Waals surface area contributed by atoms with Crippen LogP contribution in [-0.4, -0.2) is 29.8 Å². The van der Waals surface area contributed by atoms with Gasteiger partial charge in [0.05, 0.1) is 18.4 Å². The van der Waals surface area contributed by atoms with Crippen LogP contribution in [0.4, 0.5) is 5.69 Å². The van der Waals surface area contributed by atoms with Gasteiger partial charge >= 0.3 is 0 Å². The van der Waals surface area contributed by atoms with Gasteiger partial charge in [-0.1, -0.05) is 33.2 Å². The summed E-state index contributed by atoms with van der Waals surface area (Å²) in [5, 5.41) is 6.89. The van der Waals surface area contributed by atoms with Crippen LogP contribution in [0.15, 0.2) is 81.8 Å². The van der Waals surface area contributed by atoms with Crippen LogP contribution in [0, 0.1) is 0 Å². The number of hydrogen-bond donors (Lipinski definition) is 1. The van der Waals surface area contributed by atoms with E-state index in [1.165, 1.54) is 0 Å². The molecule has 1 heterocycles. The molecule has 0 bridgehead atoms. The van der Waals surface area contributed by atoms with Crippen LogP contribution < -0.4 is 14.8 Å². The van der Waals surface area contributed by atoms with E-state index in [0.29, 0.717) is 28.7 Å². The third-order valence-electron chi connectivity index (χ3n) is 4.39. The Labute approximate surface area is 187 Å². The van der Waals surface area contributed by atoms with E-state index in [4.69, 9.17) is 14.0 Å². The molecular formula is C23H18BrN3O4. The van der Waals surface area contributed by atoms with Crippen molar-refractivity contribution in [1.82, 2.24) is 10.1 Å². The van der Waals surface area contributed by atoms with E-state index in [1.807, 2.05) is 48.5 Å². The molecule has 0 atom stereocenters. The molecule has 1 aromatic heterocycles. The van der Waals surface area contributed by atoms with Crippen molar-refractivity contribution in [3.8, 4) is 34.3 Å². The number of carbonyl (C=O) groups is 1. The van der Waals surface area contributed by atoms with Gasteiger partial charge in [0.15, 0.2) is 6.61 Å². The summed E-state index contributed by atoms with van der Waals surface area (Å²) in [6.07, 6.45) is 0. The molecule has 0 radical (unpaired) electrons. The number of ether oxygens (including phenoxy) is 2. The zero-order chi connectivity index (χ0) is 21.6. The van der Waals surface area contributed by atoms with Gasteiger partial charge in [-0.05, 0) is 60.7 Å². The molecule has 156 valence electrons. The lowest BCUT2D eigenvalue weighted by molar-refractivity contribution is -0.118. The highest BCUT2D eigenvalue weighted by atomic mass is 79.9. The third-order valence-corrected chi connectivity index (χ3v) is 4.92. The van der Waals surface area contributed by atoms with E-state index < -0.39 is 0 Å². The summed E-state index contributed by atoms with van der Waals surface area (Å²) in [7, 11) is 1.61. The van der Waals surface area contributed by atoms with Gasteiger partial charge in [0.2, 0.25) is 5.82 Å². The Balaban J connectivity index is 1.47. The quantitative estimate of drug-likeness (QED) is 0.392. The van der Waals surface area contributed by atoms with Gasteiger partial charge in [0, 0.05) is 10.0 Å². The highest BCUT2D eigenvalue weighted by molar-refractivity contribution is 9.10. The van der Waals surface area contributed by atoms with E-state index in [9.17, 15) is 4.79 Å². The number of methoxy groups -OCH3 is 1. The molecule has 4 rings (SSSR count). The fourth-order valence-corrected chi connectivity index (χ4v) is 3.10. The maximum absolute atomic E-state index is 12.4. The summed E-state index contributed by atoms with van der Waals surface area (Å²) < 4.78 is 17.1. The lowest BCUT2D eigenvalue weighted by Gasteiger charge is -2.09. The van der Waals surface area contributed by atoms with Crippen molar-refractivity contribution in [2.45, 2.75) is 0 Å². The van der Waals surface area contributed by atoms with Gasteiger partial charge < -0.3 is 19.3 Å². The van der Waals surface area contributed by atoms with E-state index >= 15 is 0 Å². The van der Waals surface area contributed by atoms with Crippen molar-refractivity contribution in [3.05, 3.63) is 77.3 Å². The third kappa shape index (κ3) is 5.10. The normalized spacial score (nSPS) is 10.5. The smallest absolute Gasteiger partial charge is 0.262 e. The van der Waals surface area contributed by atoms with Gasteiger partial charge in [-0.2, -0.15) is 4.98 Å². The Morgan fingerprint density at radius 1 is 1.00 bits per heavy atom. The monoisotopic (exact) mass is 479 g/mol. The van der Waals surface area contributed by atoms with Crippen LogP contribution in [-0.2, 0) is 4.79 Å². The van der Waals surface area contributed by atoms with Gasteiger partial charge in [0.25, 0.3) is 11.8 Å². The molecule has 0 saturated heterocycles. The van der Waals surface area contributed by atoms with Crippen molar-refractivity contribution in [2.24, 2.45) is 0 Å². The van der Waals surface area contributed by atoms with Gasteiger partial charge in [-0.25, -0.2) is 0 Å². The number of para-hydroxylation sites is 1. The second-order valence-electron chi connectivity index (χ2n) is 6.49. The maximum Gasteiger partial charge on any atom is 0.262 e. The highest BCUT2D eigenvalue weighted by Gasteiger charge is 2.15. The Hall–Kier alpha value is -3.65. The zero-order valence-electron chi connectivity index (χ0n) is 16.5. The van der Waals surface area contributed by atoms with Crippen LogP contribution in [0.5, 0.6) is 11.5 Å². The van der Waals surface area contributed by atoms with Crippen LogP contribution in [0.2, 0.25) is 0 Å². The Morgan fingerprint density at radius 3 is 2.45 bits per heavy atom. The molecule has 0 aliphatic carbocycles. The first-order chi connectivity index (χ1) is 15.1. The number of nitrogens with one attached hydrogen (secondary N) is 1. The summed E-state index contributed by atoms with van der Waals surface area (Å²) in [4.78, 5) is 16.9. The number of amides is 1. The first-order valence-corrected chi connectivity index (χ1v) is 10.2. The van der Waals surface area contributed by atoms with Crippen LogP contribution in [0.1, 0.15) is 0 Å². The largest absolute Gasteiger partial charge is 0.497 e. The van der Waals surface area contributed by atoms with Gasteiger partial charge in [-0.15, -0.1) is 0 Å². The molecule has 8 heteroatoms. The minimum Gasteiger partial charge on any atom is -0.497 e. The number of benzene rings is 3. The predicted molar refractivity (Wildman–Crippen MR) is 120 cm³/mol. The molecule has 0 aliphatic rings. The van der Waals surface area contributed by atoms with Gasteiger partial charge in [0.1, 0.15) is 11.5 Å². The summed E-state index contributed by atoms with van der Waals surface area (Å²) in [5.74, 6) is 1.79. The second-order valence-corrected chi connectivity index (χ2v) is 7.40. The molecule has 0 unspecified atom stereocenters. The maximum atomic E-state index is 12.4. The highest BCUT2D eigenvalue weighted by Crippen LogP contribution is 2.29. The van der Waals surface area contributed by atoms with Crippen LogP contribution in [0.25, 0.3) is 22.8 Å². The van der Waals surface area contributed by atoms with Crippen molar-refractivity contribution in [3.63, 3.8) is 0 Å². The number of carbonyl (C=O) groups excluding carboxylic acids is 1. The predicted octanol–water partition coefficient (Wildman–Crippen LogP) is 5.19. The van der Waals surface area contributed by atoms with Crippen LogP contribution >= 0.6 is 15.9 Å². The molecular weight excluding hydrogens is 462 g/mol. The summed E-state index contributed by atoms with van der Waals surface area (Å²) >= 11 is 3.36. The van der Waals surface area contributed by atoms with E-state index in [2.05, 4.69) is 31.4 Å². The molecule has 31 heavy (non-hydrogen) atoms. The number of halogens is 1. The SMILES string of the molecule is COc1ccc(-c2noc(-c3ccccc3NC(=O)COc3ccc(Br)cc3)n2)cc1. The first-order valence-electron chi connectivity index (χ1n) is 9.38. The van der Waals surface area contributed by atoms with Crippen LogP contribution in [0.3, 0.4) is 0 Å². The van der Waals surface area contributed by atoms with E-state index in [0.717, 1.165) is 15.8 Å². The minimum absolute atomic E-state index is 0.128. The summed E-state index contributed by atoms with van der Waals surface area (Å²) in [6, 6.07) is 21.8. The minimum atomic E-state index is -0.301. The molecule has 0 saturated carbocycles. The Bertz CT molecular complexity index is 1170. The Kier molecular flexibility index (Phi) is 6.28. The average Bonchev–Trinajstić information content (AvgIpc) is 3.29. The number of anilines is 1. The lowest BCUT2D eigenvalue weighted by Crippen LogP contribution is -2.20. The van der Waals surface area contributed by atoms with Crippen molar-refractivity contribution < 1.29 is 18.8 Å². The lowest BCUT2D eigenvalue weighted by atomic mass is 10.1. The number of rotatable bonds is 7. The first kappa shape index (κ1) is 20.6. The second kappa shape index (κ2) is 9.44. The Morgan fingerprint density at radius 2 is 1.71 bits per heavy atom. The zero-order valence-corrected chi connectivity index (χ0v) is 18.1. The molecule has 1 amide bonds. The summed E-state index contributed by atoms with van der Waals surface area (Å²) in [5.41, 5.74) is 1.96. The van der Waals surface area contributed by atoms with Crippen molar-refractivity contribution in [2.75, 3.05) is 19.0 Å². The van der Waals surface area contributed by atoms with E-state index in [-0.39, 0.29) is 12.5 Å². The number of nitrogens with zero attached hydrogens (tertiary/aromatic N) is 2. The van der Waals surface area contributed by atoms with E-state index in [1.54, 1.807) is 31.4 Å². The molecule has 3 aromatic carbocycles. The average molecular weight is 480 g/mol. The van der Waals surface area contributed by atoms with Crippen molar-refractivity contribution in [1.29, 1.82) is 0 Å². The standard InChI is InChI=1S/C23H18BrN3O4/c1-29-17-10-6-15(7-11-17)22-26-23(31-27-22)19-4-2-3-5-20(19)25-21(28)14-30-18-12-8-16(24)9-13-18/h2-13H,14H2,1H3,(H,25,28). The molecule has 7 nitrogen and oxygen atoms in total. The van der Waals surface area contributed by atoms with Gasteiger partial charge in [-0.3, -0.25) is 4.79 Å². The molecule has 1 N–H and O–H groups in total. The fourth-order valence-electron chi connectivity index (χ4n) is 2.83. The summed E-state index contributed by atoms with van der Waals surface area (Å²) in [6.45, 7) is -0.128. The number of aromatic nitrogens is 2. The molecule has 0 aliphatic heterocycles. The molecule has 4 aromatic rings. The molecule has 0 fully saturated rings. The fraction of sp³-hybridized carbons (Fsp3) is 0.0870. The molecule has 0 spiro atoms. The number of hydrogen-bond acceptors (Lipinski definition) is 6. The van der Waals surface area contributed by atoms with Crippen molar-refractivity contribution >= 4 is 27.5 Å². The topological polar surface area (TPSA) is 86.5 Å².